The molecule has 1 aliphatic rings. The number of aryl methyl sites for hydroxylation is 1. The number of hydrogen-bond donors (Lipinski definition) is 1. The third-order valence-corrected chi connectivity index (χ3v) is 6.04. The van der Waals surface area contributed by atoms with Crippen LogP contribution in [0.2, 0.25) is 5.02 Å². The van der Waals surface area contributed by atoms with Crippen LogP contribution in [0.1, 0.15) is 30.0 Å². The van der Waals surface area contributed by atoms with E-state index in [0.29, 0.717) is 33.4 Å². The number of urea groups is 1. The molecule has 1 atom stereocenters. The predicted molar refractivity (Wildman–Crippen MR) is 129 cm³/mol. The standard InChI is InChI=1S/C26H20ClFN4O2/c1-15-8-13-20(14-21(15)28)32-16(2)22(23(29-26(32)33)17-9-11-19(27)12-10-17)25-30-24(31-34-25)18-6-4-3-5-7-18/h3-14,23H,1-2H3,(H,29,33). The number of benzene rings is 3. The minimum atomic E-state index is -0.569. The summed E-state index contributed by atoms with van der Waals surface area (Å²) in [6.45, 7) is 3.45. The van der Waals surface area contributed by atoms with Gasteiger partial charge in [-0.05, 0) is 49.2 Å². The molecule has 0 saturated carbocycles. The van der Waals surface area contributed by atoms with Crippen molar-refractivity contribution in [3.05, 3.63) is 106 Å². The smallest absolute Gasteiger partial charge is 0.327 e. The van der Waals surface area contributed by atoms with Crippen molar-refractivity contribution in [3.8, 4) is 11.4 Å². The predicted octanol–water partition coefficient (Wildman–Crippen LogP) is 6.54. The van der Waals surface area contributed by atoms with Crippen molar-refractivity contribution in [2.45, 2.75) is 19.9 Å². The minimum absolute atomic E-state index is 0.258. The summed E-state index contributed by atoms with van der Waals surface area (Å²) in [4.78, 5) is 19.3. The maximum absolute atomic E-state index is 14.4. The first-order valence-corrected chi connectivity index (χ1v) is 11.0. The molecule has 34 heavy (non-hydrogen) atoms. The number of hydrogen-bond acceptors (Lipinski definition) is 4. The maximum Gasteiger partial charge on any atom is 0.327 e. The first kappa shape index (κ1) is 21.9. The van der Waals surface area contributed by atoms with Crippen LogP contribution in [-0.4, -0.2) is 16.2 Å². The molecule has 1 aliphatic heterocycles. The summed E-state index contributed by atoms with van der Waals surface area (Å²) in [7, 11) is 0. The Labute approximate surface area is 200 Å². The lowest BCUT2D eigenvalue weighted by Crippen LogP contribution is -2.46. The lowest BCUT2D eigenvalue weighted by molar-refractivity contribution is 0.244. The molecule has 0 radical (unpaired) electrons. The lowest BCUT2D eigenvalue weighted by Gasteiger charge is -2.35. The van der Waals surface area contributed by atoms with E-state index in [-0.39, 0.29) is 5.89 Å². The van der Waals surface area contributed by atoms with E-state index < -0.39 is 17.9 Å². The molecule has 5 rings (SSSR count). The van der Waals surface area contributed by atoms with Gasteiger partial charge >= 0.3 is 6.03 Å². The second kappa shape index (κ2) is 8.76. The summed E-state index contributed by atoms with van der Waals surface area (Å²) >= 11 is 6.08. The van der Waals surface area contributed by atoms with Crippen molar-refractivity contribution in [1.82, 2.24) is 15.5 Å². The van der Waals surface area contributed by atoms with Crippen LogP contribution in [0, 0.1) is 12.7 Å². The first-order valence-electron chi connectivity index (χ1n) is 10.6. The number of allylic oxidation sites excluding steroid dienone is 1. The monoisotopic (exact) mass is 474 g/mol. The number of rotatable bonds is 4. The first-order chi connectivity index (χ1) is 16.4. The van der Waals surface area contributed by atoms with Crippen LogP contribution < -0.4 is 10.2 Å². The number of carbonyl (C=O) groups is 1. The molecule has 170 valence electrons. The quantitative estimate of drug-likeness (QED) is 0.364. The average Bonchev–Trinajstić information content (AvgIpc) is 3.32. The average molecular weight is 475 g/mol. The van der Waals surface area contributed by atoms with Crippen molar-refractivity contribution >= 4 is 28.9 Å². The molecule has 4 aromatic rings. The Balaban J connectivity index is 1.66. The van der Waals surface area contributed by atoms with E-state index in [4.69, 9.17) is 16.1 Å². The Morgan fingerprint density at radius 2 is 1.76 bits per heavy atom. The molecule has 3 aromatic carbocycles. The maximum atomic E-state index is 14.4. The summed E-state index contributed by atoms with van der Waals surface area (Å²) < 4.78 is 20.0. The molecule has 0 saturated heterocycles. The third kappa shape index (κ3) is 3.95. The molecule has 2 amide bonds. The van der Waals surface area contributed by atoms with Crippen molar-refractivity contribution in [1.29, 1.82) is 0 Å². The van der Waals surface area contributed by atoms with Crippen LogP contribution >= 0.6 is 11.6 Å². The van der Waals surface area contributed by atoms with Crippen LogP contribution in [0.15, 0.2) is 83.0 Å². The highest BCUT2D eigenvalue weighted by molar-refractivity contribution is 6.30. The van der Waals surface area contributed by atoms with E-state index in [2.05, 4.69) is 15.5 Å². The van der Waals surface area contributed by atoms with Crippen molar-refractivity contribution in [2.75, 3.05) is 4.90 Å². The van der Waals surface area contributed by atoms with Crippen LogP contribution in [0.3, 0.4) is 0 Å². The van der Waals surface area contributed by atoms with Crippen molar-refractivity contribution in [2.24, 2.45) is 0 Å². The summed E-state index contributed by atoms with van der Waals surface area (Å²) in [6, 6.07) is 20.3. The largest absolute Gasteiger partial charge is 0.334 e. The Kier molecular flexibility index (Phi) is 5.63. The fraction of sp³-hybridized carbons (Fsp3) is 0.115. The fourth-order valence-corrected chi connectivity index (χ4v) is 4.12. The van der Waals surface area contributed by atoms with Gasteiger partial charge in [0, 0.05) is 16.3 Å². The van der Waals surface area contributed by atoms with Crippen LogP contribution in [0.25, 0.3) is 17.0 Å². The zero-order valence-electron chi connectivity index (χ0n) is 18.4. The normalized spacial score (nSPS) is 16.1. The van der Waals surface area contributed by atoms with E-state index in [1.54, 1.807) is 38.1 Å². The van der Waals surface area contributed by atoms with Gasteiger partial charge in [-0.2, -0.15) is 4.98 Å². The highest BCUT2D eigenvalue weighted by atomic mass is 35.5. The molecule has 6 nitrogen and oxygen atoms in total. The molecule has 0 fully saturated rings. The molecular formula is C26H20ClFN4O2. The van der Waals surface area contributed by atoms with Gasteiger partial charge in [0.15, 0.2) is 0 Å². The number of halogens is 2. The third-order valence-electron chi connectivity index (χ3n) is 5.79. The van der Waals surface area contributed by atoms with Crippen LogP contribution in [0.5, 0.6) is 0 Å². The zero-order valence-corrected chi connectivity index (χ0v) is 19.2. The number of nitrogens with one attached hydrogen (secondary N) is 1. The fourth-order valence-electron chi connectivity index (χ4n) is 3.99. The number of anilines is 1. The number of nitrogens with zero attached hydrogens (tertiary/aromatic N) is 3. The van der Waals surface area contributed by atoms with Crippen LogP contribution in [-0.2, 0) is 0 Å². The highest BCUT2D eigenvalue weighted by Gasteiger charge is 2.36. The Morgan fingerprint density at radius 3 is 2.47 bits per heavy atom. The molecule has 8 heteroatoms. The van der Waals surface area contributed by atoms with E-state index in [1.165, 1.54) is 11.0 Å². The highest BCUT2D eigenvalue weighted by Crippen LogP contribution is 2.39. The summed E-state index contributed by atoms with van der Waals surface area (Å²) in [5.74, 6) is 0.285. The van der Waals surface area contributed by atoms with Gasteiger partial charge in [-0.3, -0.25) is 4.90 Å². The molecule has 1 N–H and O–H groups in total. The van der Waals surface area contributed by atoms with Gasteiger partial charge in [0.05, 0.1) is 17.3 Å². The van der Waals surface area contributed by atoms with Crippen molar-refractivity contribution < 1.29 is 13.7 Å². The second-order valence-corrected chi connectivity index (χ2v) is 8.43. The molecule has 0 aliphatic carbocycles. The van der Waals surface area contributed by atoms with Gasteiger partial charge in [0.2, 0.25) is 5.82 Å². The second-order valence-electron chi connectivity index (χ2n) is 7.99. The van der Waals surface area contributed by atoms with Crippen LogP contribution in [0.4, 0.5) is 14.9 Å². The summed E-state index contributed by atoms with van der Waals surface area (Å²) in [6.07, 6.45) is 0. The number of aromatic nitrogens is 2. The molecule has 1 aromatic heterocycles. The van der Waals surface area contributed by atoms with Gasteiger partial charge in [0.1, 0.15) is 5.82 Å². The minimum Gasteiger partial charge on any atom is -0.334 e. The molecule has 2 heterocycles. The molecule has 0 spiro atoms. The number of amides is 2. The van der Waals surface area contributed by atoms with E-state index in [1.807, 2.05) is 42.5 Å². The topological polar surface area (TPSA) is 71.3 Å². The van der Waals surface area contributed by atoms with E-state index in [0.717, 1.165) is 11.1 Å². The van der Waals surface area contributed by atoms with Crippen molar-refractivity contribution in [3.63, 3.8) is 0 Å². The Morgan fingerprint density at radius 1 is 1.03 bits per heavy atom. The van der Waals surface area contributed by atoms with Gasteiger partial charge < -0.3 is 9.84 Å². The van der Waals surface area contributed by atoms with Gasteiger partial charge in [0.25, 0.3) is 5.89 Å². The molecular weight excluding hydrogens is 455 g/mol. The molecule has 0 bridgehead atoms. The summed E-state index contributed by atoms with van der Waals surface area (Å²) in [5.41, 5.74) is 3.64. The van der Waals surface area contributed by atoms with E-state index in [9.17, 15) is 9.18 Å². The SMILES string of the molecule is CC1=C(c2nc(-c3ccccc3)no2)C(c2ccc(Cl)cc2)NC(=O)N1c1ccc(C)c(F)c1. The Bertz CT molecular complexity index is 1400. The zero-order chi connectivity index (χ0) is 23.8. The summed E-state index contributed by atoms with van der Waals surface area (Å²) in [5, 5.41) is 7.72. The molecule has 1 unspecified atom stereocenters. The van der Waals surface area contributed by atoms with Gasteiger partial charge in [-0.15, -0.1) is 0 Å². The van der Waals surface area contributed by atoms with Gasteiger partial charge in [-0.25, -0.2) is 9.18 Å². The van der Waals surface area contributed by atoms with E-state index >= 15 is 0 Å². The Hall–Kier alpha value is -3.97. The van der Waals surface area contributed by atoms with Gasteiger partial charge in [-0.1, -0.05) is 65.3 Å². The number of carbonyl (C=O) groups excluding carboxylic acids is 1. The lowest BCUT2D eigenvalue weighted by atomic mass is 9.94.